The number of hydrogen-bond acceptors (Lipinski definition) is 4. The second-order valence-corrected chi connectivity index (χ2v) is 8.73. The minimum absolute atomic E-state index is 0.285. The lowest BCUT2D eigenvalue weighted by Gasteiger charge is -2.13. The predicted molar refractivity (Wildman–Crippen MR) is 143 cm³/mol. The van der Waals surface area contributed by atoms with Gasteiger partial charge < -0.3 is 10.1 Å². The molecule has 0 bridgehead atoms. The predicted octanol–water partition coefficient (Wildman–Crippen LogP) is 6.77. The van der Waals surface area contributed by atoms with Crippen molar-refractivity contribution >= 4 is 28.7 Å². The van der Waals surface area contributed by atoms with Crippen LogP contribution in [0.1, 0.15) is 23.6 Å². The smallest absolute Gasteiger partial charge is 0.406 e. The molecule has 1 heterocycles. The molecule has 6 nitrogen and oxygen atoms in total. The van der Waals surface area contributed by atoms with Crippen LogP contribution in [0.4, 0.5) is 18.9 Å². The van der Waals surface area contributed by atoms with Crippen LogP contribution in [-0.4, -0.2) is 27.0 Å². The molecule has 0 saturated heterocycles. The number of thiocarbonyl (C=S) groups is 1. The lowest BCUT2D eigenvalue weighted by atomic mass is 10.1. The van der Waals surface area contributed by atoms with Gasteiger partial charge in [0.05, 0.1) is 17.6 Å². The quantitative estimate of drug-likeness (QED) is 0.166. The maximum atomic E-state index is 12.4. The number of anilines is 1. The van der Waals surface area contributed by atoms with Crippen molar-refractivity contribution in [1.29, 1.82) is 0 Å². The zero-order valence-electron chi connectivity index (χ0n) is 20.3. The highest BCUT2D eigenvalue weighted by atomic mass is 32.1. The number of aromatic nitrogens is 2. The van der Waals surface area contributed by atoms with Crippen LogP contribution in [0.25, 0.3) is 16.8 Å². The fourth-order valence-electron chi connectivity index (χ4n) is 3.67. The van der Waals surface area contributed by atoms with Crippen molar-refractivity contribution in [3.63, 3.8) is 0 Å². The number of aryl methyl sites for hydroxylation is 2. The Balaban J connectivity index is 1.39. The third kappa shape index (κ3) is 6.73. The number of hydrazone groups is 1. The highest BCUT2D eigenvalue weighted by Crippen LogP contribution is 2.25. The molecule has 0 spiro atoms. The maximum Gasteiger partial charge on any atom is 0.573 e. The van der Waals surface area contributed by atoms with Crippen LogP contribution in [0.5, 0.6) is 5.75 Å². The Morgan fingerprint density at radius 1 is 0.946 bits per heavy atom. The third-order valence-corrected chi connectivity index (χ3v) is 5.79. The molecule has 0 amide bonds. The van der Waals surface area contributed by atoms with E-state index in [1.165, 1.54) is 24.3 Å². The first kappa shape index (κ1) is 25.9. The van der Waals surface area contributed by atoms with E-state index in [2.05, 4.69) is 25.7 Å². The molecule has 2 N–H and O–H groups in total. The monoisotopic (exact) mass is 523 g/mol. The molecule has 0 aliphatic heterocycles. The Labute approximate surface area is 217 Å². The number of nitrogens with one attached hydrogen (secondary N) is 2. The maximum absolute atomic E-state index is 12.4. The van der Waals surface area contributed by atoms with E-state index in [0.717, 1.165) is 39.2 Å². The van der Waals surface area contributed by atoms with Gasteiger partial charge in [0.2, 0.25) is 0 Å². The number of para-hydroxylation sites is 1. The van der Waals surface area contributed by atoms with Gasteiger partial charge in [-0.25, -0.2) is 4.68 Å². The van der Waals surface area contributed by atoms with Gasteiger partial charge in [0.15, 0.2) is 5.11 Å². The van der Waals surface area contributed by atoms with Crippen LogP contribution in [0, 0.1) is 13.8 Å². The molecule has 0 radical (unpaired) electrons. The zero-order valence-corrected chi connectivity index (χ0v) is 21.1. The van der Waals surface area contributed by atoms with Crippen LogP contribution in [0.15, 0.2) is 84.2 Å². The average molecular weight is 524 g/mol. The fraction of sp³-hybridized carbons (Fsp3) is 0.148. The van der Waals surface area contributed by atoms with E-state index in [0.29, 0.717) is 10.8 Å². The number of alkyl halides is 3. The van der Waals surface area contributed by atoms with E-state index in [1.807, 2.05) is 63.2 Å². The SMILES string of the molecule is CC(=NNC(=S)Nc1c(C)cccc1C)c1ccc(-c2cnn(-c3ccc(OC(F)(F)F)cc3)c2)cc1. The van der Waals surface area contributed by atoms with Crippen LogP contribution in [0.3, 0.4) is 0 Å². The number of ether oxygens (including phenoxy) is 1. The summed E-state index contributed by atoms with van der Waals surface area (Å²) in [5.41, 5.74) is 10.1. The molecule has 0 aliphatic carbocycles. The molecule has 4 aromatic rings. The molecular weight excluding hydrogens is 499 g/mol. The summed E-state index contributed by atoms with van der Waals surface area (Å²) in [5.74, 6) is -0.285. The Bertz CT molecular complexity index is 1410. The first-order valence-electron chi connectivity index (χ1n) is 11.3. The van der Waals surface area contributed by atoms with E-state index in [1.54, 1.807) is 17.1 Å². The molecule has 0 fully saturated rings. The molecule has 190 valence electrons. The van der Waals surface area contributed by atoms with Crippen LogP contribution < -0.4 is 15.5 Å². The Morgan fingerprint density at radius 2 is 1.59 bits per heavy atom. The van der Waals surface area contributed by atoms with Gasteiger partial charge in [-0.05, 0) is 79.5 Å². The van der Waals surface area contributed by atoms with Gasteiger partial charge in [-0.2, -0.15) is 10.2 Å². The van der Waals surface area contributed by atoms with Crippen molar-refractivity contribution < 1.29 is 17.9 Å². The summed E-state index contributed by atoms with van der Waals surface area (Å²) in [4.78, 5) is 0. The zero-order chi connectivity index (χ0) is 26.6. The minimum Gasteiger partial charge on any atom is -0.406 e. The number of benzene rings is 3. The summed E-state index contributed by atoms with van der Waals surface area (Å²) >= 11 is 5.39. The van der Waals surface area contributed by atoms with E-state index < -0.39 is 6.36 Å². The van der Waals surface area contributed by atoms with Crippen LogP contribution in [-0.2, 0) is 0 Å². The number of hydrogen-bond donors (Lipinski definition) is 2. The van der Waals surface area contributed by atoms with Crippen LogP contribution in [0.2, 0.25) is 0 Å². The first-order valence-corrected chi connectivity index (χ1v) is 11.7. The standard InChI is InChI=1S/C27H24F3N5OS/c1-17-5-4-6-18(2)25(17)32-26(37)34-33-19(3)20-7-9-21(10-8-20)22-15-31-35(16-22)23-11-13-24(14-12-23)36-27(28,29)30/h4-16H,1-3H3,(H2,32,34,37). The Morgan fingerprint density at radius 3 is 2.22 bits per heavy atom. The van der Waals surface area contributed by atoms with Gasteiger partial charge in [-0.15, -0.1) is 13.2 Å². The first-order chi connectivity index (χ1) is 17.6. The second-order valence-electron chi connectivity index (χ2n) is 8.32. The second kappa shape index (κ2) is 10.8. The normalized spacial score (nSPS) is 11.8. The van der Waals surface area contributed by atoms with Gasteiger partial charge in [0, 0.05) is 17.4 Å². The van der Waals surface area contributed by atoms with Crippen molar-refractivity contribution in [2.75, 3.05) is 5.32 Å². The van der Waals surface area contributed by atoms with Gasteiger partial charge in [0.1, 0.15) is 5.75 Å². The molecule has 0 unspecified atom stereocenters. The highest BCUT2D eigenvalue weighted by molar-refractivity contribution is 7.80. The van der Waals surface area contributed by atoms with E-state index in [9.17, 15) is 13.2 Å². The molecule has 10 heteroatoms. The van der Waals surface area contributed by atoms with Crippen molar-refractivity contribution in [2.24, 2.45) is 5.10 Å². The van der Waals surface area contributed by atoms with Gasteiger partial charge in [-0.3, -0.25) is 5.43 Å². The number of rotatable bonds is 6. The van der Waals surface area contributed by atoms with E-state index in [-0.39, 0.29) is 5.75 Å². The summed E-state index contributed by atoms with van der Waals surface area (Å²) < 4.78 is 42.6. The lowest BCUT2D eigenvalue weighted by Crippen LogP contribution is -2.25. The Hall–Kier alpha value is -4.18. The van der Waals surface area contributed by atoms with Crippen molar-refractivity contribution in [3.8, 4) is 22.6 Å². The van der Waals surface area contributed by atoms with E-state index >= 15 is 0 Å². The van der Waals surface area contributed by atoms with E-state index in [4.69, 9.17) is 12.2 Å². The summed E-state index contributed by atoms with van der Waals surface area (Å²) in [7, 11) is 0. The molecule has 37 heavy (non-hydrogen) atoms. The largest absolute Gasteiger partial charge is 0.573 e. The average Bonchev–Trinajstić information content (AvgIpc) is 3.35. The Kier molecular flexibility index (Phi) is 7.58. The van der Waals surface area contributed by atoms with Crippen LogP contribution >= 0.6 is 12.2 Å². The minimum atomic E-state index is -4.73. The van der Waals surface area contributed by atoms with Gasteiger partial charge in [-0.1, -0.05) is 42.5 Å². The van der Waals surface area contributed by atoms with Gasteiger partial charge >= 0.3 is 6.36 Å². The molecule has 1 aromatic heterocycles. The van der Waals surface area contributed by atoms with Crippen molar-refractivity contribution in [2.45, 2.75) is 27.1 Å². The summed E-state index contributed by atoms with van der Waals surface area (Å²) in [6.07, 6.45) is -1.24. The lowest BCUT2D eigenvalue weighted by molar-refractivity contribution is -0.274. The van der Waals surface area contributed by atoms with Gasteiger partial charge in [0.25, 0.3) is 0 Å². The summed E-state index contributed by atoms with van der Waals surface area (Å²) in [5, 5.41) is 12.3. The molecule has 3 aromatic carbocycles. The molecule has 4 rings (SSSR count). The third-order valence-electron chi connectivity index (χ3n) is 5.60. The molecule has 0 atom stereocenters. The van der Waals surface area contributed by atoms with Crippen molar-refractivity contribution in [3.05, 3.63) is 95.8 Å². The molecule has 0 aliphatic rings. The summed E-state index contributed by atoms with van der Waals surface area (Å²) in [6.45, 7) is 5.91. The molecule has 0 saturated carbocycles. The highest BCUT2D eigenvalue weighted by Gasteiger charge is 2.31. The summed E-state index contributed by atoms with van der Waals surface area (Å²) in [6, 6.07) is 19.3. The number of halogens is 3. The van der Waals surface area contributed by atoms with Crippen molar-refractivity contribution in [1.82, 2.24) is 15.2 Å². The topological polar surface area (TPSA) is 63.5 Å². The fourth-order valence-corrected chi connectivity index (χ4v) is 3.82. The molecular formula is C27H24F3N5OS. The number of nitrogens with zero attached hydrogens (tertiary/aromatic N) is 3.